The highest BCUT2D eigenvalue weighted by Crippen LogP contribution is 2.28. The van der Waals surface area contributed by atoms with Gasteiger partial charge in [-0.05, 0) is 19.3 Å². The predicted molar refractivity (Wildman–Crippen MR) is 54.9 cm³/mol. The molecule has 0 bridgehead atoms. The van der Waals surface area contributed by atoms with Crippen molar-refractivity contribution in [1.29, 1.82) is 0 Å². The molecule has 0 aliphatic heterocycles. The van der Waals surface area contributed by atoms with Crippen molar-refractivity contribution in [3.8, 4) is 0 Å². The Bertz CT molecular complexity index is 223. The van der Waals surface area contributed by atoms with Gasteiger partial charge in [-0.25, -0.2) is 8.42 Å². The third-order valence-corrected chi connectivity index (χ3v) is 4.94. The maximum Gasteiger partial charge on any atom is 0.150 e. The average Bonchev–Trinajstić information content (AvgIpc) is 1.86. The Morgan fingerprint density at radius 3 is 2.36 bits per heavy atom. The van der Waals surface area contributed by atoms with Crippen LogP contribution in [0.4, 0.5) is 0 Å². The summed E-state index contributed by atoms with van der Waals surface area (Å²) in [5, 5.41) is -0.0573. The number of rotatable bonds is 1. The normalized spacial score (nSPS) is 33.6. The first kappa shape index (κ1) is 9.77. The lowest BCUT2D eigenvalue weighted by Crippen LogP contribution is -2.27. The van der Waals surface area contributed by atoms with Gasteiger partial charge in [0, 0.05) is 10.2 Å². The zero-order valence-corrected chi connectivity index (χ0v) is 9.56. The maximum atomic E-state index is 11.1. The van der Waals surface area contributed by atoms with Crippen LogP contribution < -0.4 is 0 Å². The van der Waals surface area contributed by atoms with E-state index in [0.717, 1.165) is 19.3 Å². The lowest BCUT2D eigenvalue weighted by molar-refractivity contribution is 0.503. The van der Waals surface area contributed by atoms with Crippen LogP contribution in [0.25, 0.3) is 0 Å². The highest BCUT2D eigenvalue weighted by molar-refractivity contribution is 14.1. The molecule has 0 spiro atoms. The highest BCUT2D eigenvalue weighted by atomic mass is 127. The third kappa shape index (κ3) is 2.89. The molecule has 0 saturated heterocycles. The molecule has 1 rings (SSSR count). The molecule has 1 saturated carbocycles. The second-order valence-electron chi connectivity index (χ2n) is 3.22. The minimum Gasteiger partial charge on any atom is -0.229 e. The van der Waals surface area contributed by atoms with E-state index in [-0.39, 0.29) is 5.25 Å². The molecule has 2 atom stereocenters. The smallest absolute Gasteiger partial charge is 0.150 e. The van der Waals surface area contributed by atoms with Gasteiger partial charge >= 0.3 is 0 Å². The van der Waals surface area contributed by atoms with E-state index < -0.39 is 9.84 Å². The average molecular weight is 288 g/mol. The van der Waals surface area contributed by atoms with Gasteiger partial charge in [-0.2, -0.15) is 0 Å². The van der Waals surface area contributed by atoms with Crippen molar-refractivity contribution in [3.63, 3.8) is 0 Å². The molecular formula is C7H13IO2S. The molecule has 0 aromatic carbocycles. The van der Waals surface area contributed by atoms with Crippen LogP contribution in [0.1, 0.15) is 25.7 Å². The van der Waals surface area contributed by atoms with E-state index in [4.69, 9.17) is 0 Å². The second kappa shape index (κ2) is 3.60. The topological polar surface area (TPSA) is 34.1 Å². The molecule has 2 nitrogen and oxygen atoms in total. The minimum atomic E-state index is -2.76. The molecule has 1 aliphatic carbocycles. The molecule has 4 heteroatoms. The fourth-order valence-electron chi connectivity index (χ4n) is 1.48. The summed E-state index contributed by atoms with van der Waals surface area (Å²) in [6, 6.07) is 0. The van der Waals surface area contributed by atoms with Gasteiger partial charge in [0.25, 0.3) is 0 Å². The molecule has 11 heavy (non-hydrogen) atoms. The molecule has 0 heterocycles. The zero-order chi connectivity index (χ0) is 8.48. The molecule has 0 radical (unpaired) electrons. The predicted octanol–water partition coefficient (Wildman–Crippen LogP) is 1.78. The Morgan fingerprint density at radius 1 is 1.36 bits per heavy atom. The Balaban J connectivity index is 2.60. The molecule has 66 valence electrons. The summed E-state index contributed by atoms with van der Waals surface area (Å²) in [6.45, 7) is 0. The molecule has 0 aromatic rings. The summed E-state index contributed by atoms with van der Waals surface area (Å²) in [7, 11) is -2.76. The number of hydrogen-bond donors (Lipinski definition) is 0. The van der Waals surface area contributed by atoms with Crippen molar-refractivity contribution in [2.75, 3.05) is 6.26 Å². The van der Waals surface area contributed by atoms with Crippen molar-refractivity contribution >= 4 is 32.4 Å². The lowest BCUT2D eigenvalue weighted by atomic mass is 10.0. The van der Waals surface area contributed by atoms with Gasteiger partial charge in [-0.1, -0.05) is 29.0 Å². The SMILES string of the molecule is CS(=O)(=O)C1CCCC(I)C1. The first-order valence-corrected chi connectivity index (χ1v) is 7.03. The fourth-order valence-corrected chi connectivity index (χ4v) is 4.05. The van der Waals surface area contributed by atoms with Crippen LogP contribution in [-0.2, 0) is 9.84 Å². The van der Waals surface area contributed by atoms with Crippen LogP contribution in [0.5, 0.6) is 0 Å². The molecule has 1 fully saturated rings. The summed E-state index contributed by atoms with van der Waals surface area (Å²) in [6.07, 6.45) is 5.35. The lowest BCUT2D eigenvalue weighted by Gasteiger charge is -2.23. The Hall–Kier alpha value is 0.680. The van der Waals surface area contributed by atoms with Crippen LogP contribution in [0.2, 0.25) is 0 Å². The molecule has 0 N–H and O–H groups in total. The fraction of sp³-hybridized carbons (Fsp3) is 1.00. The standard InChI is InChI=1S/C7H13IO2S/c1-11(9,10)7-4-2-3-6(8)5-7/h6-7H,2-5H2,1H3. The molecule has 0 aromatic heterocycles. The quantitative estimate of drug-likeness (QED) is 0.544. The van der Waals surface area contributed by atoms with Gasteiger partial charge in [-0.3, -0.25) is 0 Å². The summed E-state index contributed by atoms with van der Waals surface area (Å²) >= 11 is 2.35. The summed E-state index contributed by atoms with van der Waals surface area (Å²) in [5.41, 5.74) is 0. The van der Waals surface area contributed by atoms with Gasteiger partial charge < -0.3 is 0 Å². The van der Waals surface area contributed by atoms with Gasteiger partial charge in [0.05, 0.1) is 5.25 Å². The van der Waals surface area contributed by atoms with Gasteiger partial charge in [0.15, 0.2) is 0 Å². The van der Waals surface area contributed by atoms with Crippen LogP contribution in [0, 0.1) is 0 Å². The van der Waals surface area contributed by atoms with Gasteiger partial charge in [0.2, 0.25) is 0 Å². The Kier molecular flexibility index (Phi) is 3.19. The van der Waals surface area contributed by atoms with Crippen LogP contribution >= 0.6 is 22.6 Å². The zero-order valence-electron chi connectivity index (χ0n) is 6.59. The van der Waals surface area contributed by atoms with Crippen LogP contribution in [0.3, 0.4) is 0 Å². The summed E-state index contributed by atoms with van der Waals surface area (Å²) < 4.78 is 22.8. The number of alkyl halides is 1. The van der Waals surface area contributed by atoms with Crippen molar-refractivity contribution in [3.05, 3.63) is 0 Å². The molecule has 2 unspecified atom stereocenters. The van der Waals surface area contributed by atoms with E-state index >= 15 is 0 Å². The van der Waals surface area contributed by atoms with Crippen LogP contribution in [-0.4, -0.2) is 23.8 Å². The highest BCUT2D eigenvalue weighted by Gasteiger charge is 2.27. The van der Waals surface area contributed by atoms with Gasteiger partial charge in [0.1, 0.15) is 9.84 Å². The molecule has 1 aliphatic rings. The molecular weight excluding hydrogens is 275 g/mol. The van der Waals surface area contributed by atoms with E-state index in [9.17, 15) is 8.42 Å². The van der Waals surface area contributed by atoms with Crippen molar-refractivity contribution in [1.82, 2.24) is 0 Å². The van der Waals surface area contributed by atoms with Crippen molar-refractivity contribution in [2.45, 2.75) is 34.9 Å². The molecule has 0 amide bonds. The number of halogens is 1. The Morgan fingerprint density at radius 2 is 2.00 bits per heavy atom. The number of hydrogen-bond acceptors (Lipinski definition) is 2. The Labute approximate surface area is 81.8 Å². The van der Waals surface area contributed by atoms with E-state index in [2.05, 4.69) is 22.6 Å². The van der Waals surface area contributed by atoms with Crippen molar-refractivity contribution < 1.29 is 8.42 Å². The summed E-state index contributed by atoms with van der Waals surface area (Å²) in [4.78, 5) is 0. The van der Waals surface area contributed by atoms with E-state index in [1.165, 1.54) is 12.7 Å². The monoisotopic (exact) mass is 288 g/mol. The third-order valence-electron chi connectivity index (χ3n) is 2.17. The first-order chi connectivity index (χ1) is 5.00. The summed E-state index contributed by atoms with van der Waals surface area (Å²) in [5.74, 6) is 0. The minimum absolute atomic E-state index is 0.0573. The number of sulfone groups is 1. The second-order valence-corrected chi connectivity index (χ2v) is 7.30. The van der Waals surface area contributed by atoms with Gasteiger partial charge in [-0.15, -0.1) is 0 Å². The van der Waals surface area contributed by atoms with Crippen molar-refractivity contribution in [2.24, 2.45) is 0 Å². The first-order valence-electron chi connectivity index (χ1n) is 3.83. The maximum absolute atomic E-state index is 11.1. The van der Waals surface area contributed by atoms with E-state index in [0.29, 0.717) is 3.92 Å². The van der Waals surface area contributed by atoms with Crippen LogP contribution in [0.15, 0.2) is 0 Å². The van der Waals surface area contributed by atoms with E-state index in [1.807, 2.05) is 0 Å². The largest absolute Gasteiger partial charge is 0.229 e. The van der Waals surface area contributed by atoms with E-state index in [1.54, 1.807) is 0 Å².